The molecule has 2 aliphatic rings. The average molecular weight is 348 g/mol. The van der Waals surface area contributed by atoms with Gasteiger partial charge in [-0.15, -0.1) is 0 Å². The molecule has 25 heavy (non-hydrogen) atoms. The summed E-state index contributed by atoms with van der Waals surface area (Å²) in [5.41, 5.74) is 1.73. The second kappa shape index (κ2) is 6.84. The second-order valence-corrected chi connectivity index (χ2v) is 7.41. The molecule has 6 nitrogen and oxygen atoms in total. The molecule has 0 unspecified atom stereocenters. The number of carbonyl (C=O) groups excluding carboxylic acids is 1. The summed E-state index contributed by atoms with van der Waals surface area (Å²) >= 11 is 0. The molecule has 0 radical (unpaired) electrons. The third-order valence-corrected chi connectivity index (χ3v) is 5.55. The van der Waals surface area contributed by atoms with Crippen molar-refractivity contribution in [3.8, 4) is 11.5 Å². The first-order chi connectivity index (χ1) is 11.9. The number of amides is 1. The van der Waals surface area contributed by atoms with Crippen LogP contribution in [0.25, 0.3) is 0 Å². The Morgan fingerprint density at radius 3 is 2.68 bits per heavy atom. The molecule has 3 rings (SSSR count). The highest BCUT2D eigenvalue weighted by molar-refractivity contribution is 5.78. The largest absolute Gasteiger partial charge is 0.497 e. The van der Waals surface area contributed by atoms with Gasteiger partial charge in [0.15, 0.2) is 0 Å². The van der Waals surface area contributed by atoms with E-state index >= 15 is 0 Å². The number of nitrogens with one attached hydrogen (secondary N) is 1. The van der Waals surface area contributed by atoms with Crippen LogP contribution in [-0.2, 0) is 16.8 Å². The van der Waals surface area contributed by atoms with Gasteiger partial charge in [-0.05, 0) is 31.9 Å². The van der Waals surface area contributed by atoms with Crippen LogP contribution in [0.1, 0.15) is 31.4 Å². The first-order valence-corrected chi connectivity index (χ1v) is 8.83. The Labute approximate surface area is 149 Å². The molecule has 2 atom stereocenters. The monoisotopic (exact) mass is 348 g/mol. The van der Waals surface area contributed by atoms with Crippen molar-refractivity contribution in [1.82, 2.24) is 10.2 Å². The molecule has 1 fully saturated rings. The summed E-state index contributed by atoms with van der Waals surface area (Å²) in [5, 5.41) is 13.1. The predicted octanol–water partition coefficient (Wildman–Crippen LogP) is 1.29. The molecule has 0 aromatic heterocycles. The molecular weight excluding hydrogens is 320 g/mol. The van der Waals surface area contributed by atoms with Crippen LogP contribution in [0, 0.1) is 5.92 Å². The van der Waals surface area contributed by atoms with E-state index in [2.05, 4.69) is 19.2 Å². The summed E-state index contributed by atoms with van der Waals surface area (Å²) in [4.78, 5) is 14.9. The van der Waals surface area contributed by atoms with Crippen LogP contribution in [-0.4, -0.2) is 55.9 Å². The molecule has 0 spiro atoms. The molecule has 6 heteroatoms. The molecule has 2 heterocycles. The highest BCUT2D eigenvalue weighted by Crippen LogP contribution is 2.43. The van der Waals surface area contributed by atoms with Crippen LogP contribution in [0.5, 0.6) is 11.5 Å². The number of carbonyl (C=O) groups is 1. The molecular formula is C19H28N2O4. The van der Waals surface area contributed by atoms with Crippen molar-refractivity contribution < 1.29 is 19.4 Å². The molecule has 138 valence electrons. The van der Waals surface area contributed by atoms with Crippen LogP contribution in [0.3, 0.4) is 0 Å². The van der Waals surface area contributed by atoms with E-state index in [-0.39, 0.29) is 11.8 Å². The van der Waals surface area contributed by atoms with E-state index in [0.717, 1.165) is 29.0 Å². The zero-order valence-electron chi connectivity index (χ0n) is 15.5. The van der Waals surface area contributed by atoms with Gasteiger partial charge in [-0.3, -0.25) is 4.79 Å². The highest BCUT2D eigenvalue weighted by atomic mass is 16.5. The maximum Gasteiger partial charge on any atom is 0.223 e. The van der Waals surface area contributed by atoms with Crippen LogP contribution < -0.4 is 14.8 Å². The van der Waals surface area contributed by atoms with Crippen molar-refractivity contribution >= 4 is 5.91 Å². The summed E-state index contributed by atoms with van der Waals surface area (Å²) in [6.07, 6.45) is 0.692. The van der Waals surface area contributed by atoms with Crippen LogP contribution >= 0.6 is 0 Å². The molecule has 1 aromatic carbocycles. The van der Waals surface area contributed by atoms with Gasteiger partial charge in [0, 0.05) is 43.6 Å². The molecule has 2 N–H and O–H groups in total. The summed E-state index contributed by atoms with van der Waals surface area (Å²) in [7, 11) is 3.29. The van der Waals surface area contributed by atoms with E-state index in [1.54, 1.807) is 14.2 Å². The van der Waals surface area contributed by atoms with Gasteiger partial charge in [0.25, 0.3) is 0 Å². The molecule has 1 saturated heterocycles. The number of aliphatic hydroxyl groups is 1. The number of ether oxygens (including phenoxy) is 2. The van der Waals surface area contributed by atoms with Crippen molar-refractivity contribution in [3.05, 3.63) is 23.3 Å². The Morgan fingerprint density at radius 1 is 1.32 bits per heavy atom. The lowest BCUT2D eigenvalue weighted by molar-refractivity contribution is -0.139. The minimum Gasteiger partial charge on any atom is -0.497 e. The molecule has 0 aliphatic carbocycles. The number of methoxy groups -OCH3 is 2. The number of benzene rings is 1. The van der Waals surface area contributed by atoms with Crippen molar-refractivity contribution in [2.24, 2.45) is 5.92 Å². The second-order valence-electron chi connectivity index (χ2n) is 7.41. The number of nitrogens with zero attached hydrogens (tertiary/aromatic N) is 1. The fraction of sp³-hybridized carbons (Fsp3) is 0.632. The normalized spacial score (nSPS) is 24.8. The van der Waals surface area contributed by atoms with E-state index in [1.807, 2.05) is 17.0 Å². The molecule has 0 bridgehead atoms. The van der Waals surface area contributed by atoms with E-state index < -0.39 is 11.6 Å². The fourth-order valence-electron chi connectivity index (χ4n) is 4.16. The van der Waals surface area contributed by atoms with Crippen LogP contribution in [0.4, 0.5) is 0 Å². The minimum atomic E-state index is -0.473. The Kier molecular flexibility index (Phi) is 4.93. The Bertz CT molecular complexity index is 642. The molecule has 0 saturated carbocycles. The van der Waals surface area contributed by atoms with Crippen molar-refractivity contribution in [1.29, 1.82) is 0 Å². The van der Waals surface area contributed by atoms with Crippen LogP contribution in [0.15, 0.2) is 12.1 Å². The van der Waals surface area contributed by atoms with E-state index in [1.165, 1.54) is 0 Å². The van der Waals surface area contributed by atoms with Gasteiger partial charge >= 0.3 is 0 Å². The fourth-order valence-corrected chi connectivity index (χ4v) is 4.16. The predicted molar refractivity (Wildman–Crippen MR) is 95.0 cm³/mol. The number of aliphatic hydroxyl groups excluding tert-OH is 1. The lowest BCUT2D eigenvalue weighted by Crippen LogP contribution is -2.50. The third-order valence-electron chi connectivity index (χ3n) is 5.55. The smallest absolute Gasteiger partial charge is 0.223 e. The topological polar surface area (TPSA) is 71.0 Å². The first-order valence-electron chi connectivity index (χ1n) is 8.83. The van der Waals surface area contributed by atoms with Crippen LogP contribution in [0.2, 0.25) is 0 Å². The standard InChI is InChI=1S/C19H28N2O4/c1-19(2)18-12(7-14(24-3)9-16(18)25-4)5-6-21(19)17(23)8-13-10-20-11-15(13)22/h7,9,13,15,20,22H,5-6,8,10-11H2,1-4H3/t13-,15-/m1/s1. The maximum atomic E-state index is 13.0. The number of hydrogen-bond acceptors (Lipinski definition) is 5. The number of β-amino-alcohol motifs (C(OH)–C–C–N with tert-alkyl or cyclic N) is 1. The van der Waals surface area contributed by atoms with Gasteiger partial charge in [0.05, 0.1) is 25.9 Å². The van der Waals surface area contributed by atoms with Crippen molar-refractivity contribution in [2.45, 2.75) is 38.3 Å². The molecule has 1 aromatic rings. The summed E-state index contributed by atoms with van der Waals surface area (Å²) < 4.78 is 11.0. The summed E-state index contributed by atoms with van der Waals surface area (Å²) in [6, 6.07) is 3.91. The maximum absolute atomic E-state index is 13.0. The van der Waals surface area contributed by atoms with E-state index in [4.69, 9.17) is 9.47 Å². The van der Waals surface area contributed by atoms with Gasteiger partial charge < -0.3 is 24.8 Å². The minimum absolute atomic E-state index is 0.0116. The van der Waals surface area contributed by atoms with Crippen molar-refractivity contribution in [2.75, 3.05) is 33.9 Å². The lowest BCUT2D eigenvalue weighted by Gasteiger charge is -2.45. The van der Waals surface area contributed by atoms with Gasteiger partial charge in [0.1, 0.15) is 11.5 Å². The van der Waals surface area contributed by atoms with E-state index in [9.17, 15) is 9.90 Å². The van der Waals surface area contributed by atoms with Crippen molar-refractivity contribution in [3.63, 3.8) is 0 Å². The van der Waals surface area contributed by atoms with Gasteiger partial charge in [-0.1, -0.05) is 0 Å². The van der Waals surface area contributed by atoms with Gasteiger partial charge in [-0.25, -0.2) is 0 Å². The third kappa shape index (κ3) is 3.20. The SMILES string of the molecule is COc1cc2c(c(OC)c1)C(C)(C)N(C(=O)C[C@@H]1CNC[C@H]1O)CC2. The lowest BCUT2D eigenvalue weighted by atomic mass is 9.81. The first kappa shape index (κ1) is 18.0. The Morgan fingerprint density at radius 2 is 2.08 bits per heavy atom. The summed E-state index contributed by atoms with van der Waals surface area (Å²) in [6.45, 7) is 6.03. The van der Waals surface area contributed by atoms with E-state index in [0.29, 0.717) is 26.1 Å². The number of rotatable bonds is 4. The summed E-state index contributed by atoms with van der Waals surface area (Å²) in [5.74, 6) is 1.59. The van der Waals surface area contributed by atoms with Gasteiger partial charge in [-0.2, -0.15) is 0 Å². The quantitative estimate of drug-likeness (QED) is 0.858. The Balaban J connectivity index is 1.89. The Hall–Kier alpha value is -1.79. The highest BCUT2D eigenvalue weighted by Gasteiger charge is 2.41. The number of fused-ring (bicyclic) bond motifs is 1. The number of hydrogen-bond donors (Lipinski definition) is 2. The zero-order chi connectivity index (χ0) is 18.2. The average Bonchev–Trinajstić information content (AvgIpc) is 2.98. The van der Waals surface area contributed by atoms with Gasteiger partial charge in [0.2, 0.25) is 5.91 Å². The molecule has 1 amide bonds. The molecule has 2 aliphatic heterocycles. The zero-order valence-corrected chi connectivity index (χ0v) is 15.5.